The van der Waals surface area contributed by atoms with E-state index < -0.39 is 0 Å². The number of nitrogens with one attached hydrogen (secondary N) is 2. The Kier molecular flexibility index (Phi) is 8.51. The molecule has 0 atom stereocenters. The average Bonchev–Trinajstić information content (AvgIpc) is 3.46. The maximum absolute atomic E-state index is 12.7. The fraction of sp³-hybridized carbons (Fsp3) is 0.333. The predicted octanol–water partition coefficient (Wildman–Crippen LogP) is 2.80. The van der Waals surface area contributed by atoms with E-state index in [-0.39, 0.29) is 36.4 Å². The zero-order valence-corrected chi connectivity index (χ0v) is 20.7. The SMILES string of the molecule is CN=C(NCCc1nc(-c2ccco2)n[nH]1)N1CCN(Cc2ccc(Cl)cc2)C(=O)C1.I. The number of amides is 1. The highest BCUT2D eigenvalue weighted by atomic mass is 127. The van der Waals surface area contributed by atoms with Crippen LogP contribution in [-0.2, 0) is 17.8 Å². The molecule has 1 aromatic carbocycles. The van der Waals surface area contributed by atoms with Gasteiger partial charge in [0, 0.05) is 44.7 Å². The Hall–Kier alpha value is -2.60. The molecule has 0 aliphatic carbocycles. The van der Waals surface area contributed by atoms with Gasteiger partial charge in [-0.15, -0.1) is 24.0 Å². The summed E-state index contributed by atoms with van der Waals surface area (Å²) in [5.74, 6) is 2.68. The number of hydrogen-bond acceptors (Lipinski definition) is 5. The van der Waals surface area contributed by atoms with Gasteiger partial charge in [0.25, 0.3) is 0 Å². The Morgan fingerprint density at radius 3 is 2.78 bits per heavy atom. The maximum Gasteiger partial charge on any atom is 0.242 e. The highest BCUT2D eigenvalue weighted by molar-refractivity contribution is 14.0. The lowest BCUT2D eigenvalue weighted by Crippen LogP contribution is -2.55. The molecule has 0 unspecified atom stereocenters. The molecule has 4 rings (SSSR count). The van der Waals surface area contributed by atoms with Gasteiger partial charge in [-0.3, -0.25) is 14.9 Å². The molecule has 1 fully saturated rings. The quantitative estimate of drug-likeness (QED) is 0.269. The Morgan fingerprint density at radius 2 is 2.09 bits per heavy atom. The molecule has 3 aromatic rings. The number of piperazine rings is 1. The van der Waals surface area contributed by atoms with Crippen LogP contribution >= 0.6 is 35.6 Å². The number of H-pyrrole nitrogens is 1. The topological polar surface area (TPSA) is 103 Å². The van der Waals surface area contributed by atoms with Crippen molar-refractivity contribution in [2.75, 3.05) is 33.2 Å². The summed E-state index contributed by atoms with van der Waals surface area (Å²) in [5, 5.41) is 11.1. The summed E-state index contributed by atoms with van der Waals surface area (Å²) in [6.45, 7) is 2.83. The molecule has 0 spiro atoms. The summed E-state index contributed by atoms with van der Waals surface area (Å²) in [5.41, 5.74) is 1.06. The smallest absolute Gasteiger partial charge is 0.242 e. The second-order valence-electron chi connectivity index (χ2n) is 7.17. The molecule has 9 nitrogen and oxygen atoms in total. The van der Waals surface area contributed by atoms with Crippen LogP contribution in [0.1, 0.15) is 11.4 Å². The van der Waals surface area contributed by atoms with E-state index >= 15 is 0 Å². The Morgan fingerprint density at radius 1 is 1.28 bits per heavy atom. The molecule has 170 valence electrons. The summed E-state index contributed by atoms with van der Waals surface area (Å²) in [7, 11) is 1.72. The van der Waals surface area contributed by atoms with Crippen molar-refractivity contribution in [2.45, 2.75) is 13.0 Å². The summed E-state index contributed by atoms with van der Waals surface area (Å²) in [6, 6.07) is 11.2. The van der Waals surface area contributed by atoms with Crippen LogP contribution in [0.4, 0.5) is 0 Å². The molecular weight excluding hydrogens is 545 g/mol. The third kappa shape index (κ3) is 6.00. The highest BCUT2D eigenvalue weighted by Crippen LogP contribution is 2.15. The average molecular weight is 570 g/mol. The third-order valence-corrected chi connectivity index (χ3v) is 5.29. The van der Waals surface area contributed by atoms with E-state index in [1.807, 2.05) is 40.1 Å². The lowest BCUT2D eigenvalue weighted by atomic mass is 10.2. The number of carbonyl (C=O) groups excluding carboxylic acids is 1. The van der Waals surface area contributed by atoms with Crippen LogP contribution in [0.5, 0.6) is 0 Å². The molecule has 1 amide bonds. The number of benzene rings is 1. The van der Waals surface area contributed by atoms with Gasteiger partial charge in [-0.25, -0.2) is 4.98 Å². The van der Waals surface area contributed by atoms with E-state index in [4.69, 9.17) is 16.0 Å². The fourth-order valence-electron chi connectivity index (χ4n) is 3.41. The van der Waals surface area contributed by atoms with E-state index in [0.29, 0.717) is 55.2 Å². The van der Waals surface area contributed by atoms with Crippen molar-refractivity contribution in [1.82, 2.24) is 30.3 Å². The van der Waals surface area contributed by atoms with E-state index in [9.17, 15) is 4.79 Å². The van der Waals surface area contributed by atoms with Crippen molar-refractivity contribution in [3.05, 3.63) is 59.1 Å². The number of hydrogen-bond donors (Lipinski definition) is 2. The number of aliphatic imine (C=N–C) groups is 1. The van der Waals surface area contributed by atoms with Crippen molar-refractivity contribution in [2.24, 2.45) is 4.99 Å². The van der Waals surface area contributed by atoms with Crippen LogP contribution < -0.4 is 5.32 Å². The molecule has 3 heterocycles. The second kappa shape index (κ2) is 11.3. The summed E-state index contributed by atoms with van der Waals surface area (Å²) in [4.78, 5) is 25.2. The van der Waals surface area contributed by atoms with Crippen LogP contribution in [-0.4, -0.2) is 70.1 Å². The minimum Gasteiger partial charge on any atom is -0.461 e. The third-order valence-electron chi connectivity index (χ3n) is 5.03. The number of furan rings is 1. The molecule has 1 saturated heterocycles. The Bertz CT molecular complexity index is 1040. The van der Waals surface area contributed by atoms with Crippen LogP contribution in [0.3, 0.4) is 0 Å². The minimum absolute atomic E-state index is 0. The van der Waals surface area contributed by atoms with Gasteiger partial charge in [0.05, 0.1) is 12.8 Å². The first kappa shape index (κ1) is 24.1. The molecule has 11 heteroatoms. The number of aromatic nitrogens is 3. The number of rotatable bonds is 6. The summed E-state index contributed by atoms with van der Waals surface area (Å²) in [6.07, 6.45) is 2.23. The first-order valence-electron chi connectivity index (χ1n) is 10.1. The Labute approximate surface area is 208 Å². The van der Waals surface area contributed by atoms with Gasteiger partial charge in [0.15, 0.2) is 11.7 Å². The van der Waals surface area contributed by atoms with Crippen molar-refractivity contribution in [1.29, 1.82) is 0 Å². The second-order valence-corrected chi connectivity index (χ2v) is 7.61. The number of nitrogens with zero attached hydrogens (tertiary/aromatic N) is 5. The van der Waals surface area contributed by atoms with Crippen LogP contribution in [0.2, 0.25) is 5.02 Å². The van der Waals surface area contributed by atoms with E-state index in [1.165, 1.54) is 0 Å². The van der Waals surface area contributed by atoms with Gasteiger partial charge >= 0.3 is 0 Å². The summed E-state index contributed by atoms with van der Waals surface area (Å²) >= 11 is 5.94. The van der Waals surface area contributed by atoms with Crippen LogP contribution in [0.15, 0.2) is 52.1 Å². The number of carbonyl (C=O) groups is 1. The summed E-state index contributed by atoms with van der Waals surface area (Å²) < 4.78 is 5.31. The standard InChI is InChI=1S/C21H24ClN7O2.HI/c1-23-21(24-9-8-18-25-20(27-26-18)17-3-2-12-31-17)29-11-10-28(19(30)14-29)13-15-4-6-16(22)7-5-15;/h2-7,12H,8-11,13-14H2,1H3,(H,23,24)(H,25,26,27);1H. The zero-order valence-electron chi connectivity index (χ0n) is 17.6. The number of halogens is 2. The van der Waals surface area contributed by atoms with Crippen molar-refractivity contribution in [3.63, 3.8) is 0 Å². The van der Waals surface area contributed by atoms with Crippen LogP contribution in [0.25, 0.3) is 11.6 Å². The largest absolute Gasteiger partial charge is 0.461 e. The van der Waals surface area contributed by atoms with E-state index in [2.05, 4.69) is 25.5 Å². The molecule has 1 aliphatic rings. The fourth-order valence-corrected chi connectivity index (χ4v) is 3.54. The van der Waals surface area contributed by atoms with E-state index in [1.54, 1.807) is 19.4 Å². The van der Waals surface area contributed by atoms with Gasteiger partial charge < -0.3 is 19.5 Å². The normalized spacial score (nSPS) is 14.4. The lowest BCUT2D eigenvalue weighted by Gasteiger charge is -2.36. The van der Waals surface area contributed by atoms with E-state index in [0.717, 1.165) is 11.4 Å². The van der Waals surface area contributed by atoms with Crippen molar-refractivity contribution < 1.29 is 9.21 Å². The number of guanidine groups is 1. The van der Waals surface area contributed by atoms with Gasteiger partial charge in [-0.2, -0.15) is 5.10 Å². The van der Waals surface area contributed by atoms with Gasteiger partial charge in [0.1, 0.15) is 5.82 Å². The zero-order chi connectivity index (χ0) is 21.6. The molecule has 2 aromatic heterocycles. The molecule has 1 aliphatic heterocycles. The minimum atomic E-state index is 0. The molecular formula is C21H25ClIN7O2. The molecule has 0 saturated carbocycles. The maximum atomic E-state index is 12.7. The highest BCUT2D eigenvalue weighted by Gasteiger charge is 2.26. The van der Waals surface area contributed by atoms with Gasteiger partial charge in [-0.05, 0) is 29.8 Å². The van der Waals surface area contributed by atoms with Crippen molar-refractivity contribution in [3.8, 4) is 11.6 Å². The molecule has 32 heavy (non-hydrogen) atoms. The molecule has 0 bridgehead atoms. The van der Waals surface area contributed by atoms with Gasteiger partial charge in [-0.1, -0.05) is 23.7 Å². The van der Waals surface area contributed by atoms with Gasteiger partial charge in [0.2, 0.25) is 11.7 Å². The first-order chi connectivity index (χ1) is 15.1. The predicted molar refractivity (Wildman–Crippen MR) is 133 cm³/mol. The van der Waals surface area contributed by atoms with Crippen LogP contribution in [0, 0.1) is 0 Å². The monoisotopic (exact) mass is 569 g/mol. The number of aromatic amines is 1. The van der Waals surface area contributed by atoms with Crippen molar-refractivity contribution >= 4 is 47.4 Å². The lowest BCUT2D eigenvalue weighted by molar-refractivity contribution is -0.135. The molecule has 2 N–H and O–H groups in total. The first-order valence-corrected chi connectivity index (χ1v) is 10.4. The molecule has 0 radical (unpaired) electrons. The Balaban J connectivity index is 0.00000289.